The van der Waals surface area contributed by atoms with Crippen molar-refractivity contribution in [3.8, 4) is 5.75 Å². The van der Waals surface area contributed by atoms with E-state index in [-0.39, 0.29) is 23.6 Å². The average Bonchev–Trinajstić information content (AvgIpc) is 2.51. The van der Waals surface area contributed by atoms with E-state index in [9.17, 15) is 9.59 Å². The molecule has 0 bridgehead atoms. The van der Waals surface area contributed by atoms with E-state index in [1.807, 2.05) is 19.9 Å². The number of hydrogen-bond donors (Lipinski definition) is 2. The van der Waals surface area contributed by atoms with E-state index >= 15 is 0 Å². The van der Waals surface area contributed by atoms with Crippen LogP contribution in [0.4, 0.5) is 0 Å². The highest BCUT2D eigenvalue weighted by molar-refractivity contribution is 6.27. The Labute approximate surface area is 140 Å². The van der Waals surface area contributed by atoms with Crippen LogP contribution in [0.15, 0.2) is 6.07 Å². The smallest absolute Gasteiger partial charge is 0.235 e. The quantitative estimate of drug-likeness (QED) is 0.742. The molecule has 0 saturated heterocycles. The van der Waals surface area contributed by atoms with Gasteiger partial charge in [-0.25, -0.2) is 0 Å². The van der Waals surface area contributed by atoms with E-state index < -0.39 is 0 Å². The number of aryl methyl sites for hydroxylation is 2. The second kappa shape index (κ2) is 8.86. The van der Waals surface area contributed by atoms with Gasteiger partial charge in [0.15, 0.2) is 0 Å². The van der Waals surface area contributed by atoms with Crippen LogP contribution in [0.2, 0.25) is 0 Å². The summed E-state index contributed by atoms with van der Waals surface area (Å²) in [7, 11) is 1.56. The Morgan fingerprint density at radius 2 is 1.41 bits per heavy atom. The van der Waals surface area contributed by atoms with Crippen LogP contribution in [0.1, 0.15) is 22.3 Å². The minimum atomic E-state index is -0.249. The predicted molar refractivity (Wildman–Crippen MR) is 87.6 cm³/mol. The van der Waals surface area contributed by atoms with Gasteiger partial charge in [0.1, 0.15) is 17.5 Å². The molecular weight excluding hydrogens is 327 g/mol. The van der Waals surface area contributed by atoms with Crippen LogP contribution in [-0.4, -0.2) is 30.7 Å². The molecule has 0 radical (unpaired) electrons. The summed E-state index contributed by atoms with van der Waals surface area (Å²) in [5.74, 6) is -0.0267. The summed E-state index contributed by atoms with van der Waals surface area (Å²) in [6, 6.07) is 1.99. The number of halogens is 2. The molecule has 7 heteroatoms. The maximum Gasteiger partial charge on any atom is 0.235 e. The van der Waals surface area contributed by atoms with Gasteiger partial charge in [-0.2, -0.15) is 0 Å². The molecule has 22 heavy (non-hydrogen) atoms. The molecule has 5 nitrogen and oxygen atoms in total. The maximum atomic E-state index is 11.3. The summed E-state index contributed by atoms with van der Waals surface area (Å²) >= 11 is 11.0. The number of hydrogen-bond acceptors (Lipinski definition) is 3. The molecule has 0 unspecified atom stereocenters. The highest BCUT2D eigenvalue weighted by atomic mass is 35.5. The van der Waals surface area contributed by atoms with Crippen LogP contribution in [0.5, 0.6) is 5.75 Å². The molecular formula is C15H20Cl2N2O3. The van der Waals surface area contributed by atoms with Gasteiger partial charge >= 0.3 is 0 Å². The number of alkyl halides is 2. The third-order valence-electron chi connectivity index (χ3n) is 3.30. The second-order valence-electron chi connectivity index (χ2n) is 4.82. The van der Waals surface area contributed by atoms with Crippen LogP contribution in [0.3, 0.4) is 0 Å². The van der Waals surface area contributed by atoms with Crippen molar-refractivity contribution in [1.29, 1.82) is 0 Å². The van der Waals surface area contributed by atoms with Gasteiger partial charge in [-0.15, -0.1) is 23.2 Å². The monoisotopic (exact) mass is 346 g/mol. The fraction of sp³-hybridized carbons (Fsp3) is 0.467. The minimum Gasteiger partial charge on any atom is -0.496 e. The SMILES string of the molecule is COc1c(CNC(=O)CCl)c(C)cc(C)c1CNC(=O)CCl. The van der Waals surface area contributed by atoms with Crippen molar-refractivity contribution >= 4 is 35.0 Å². The molecule has 0 aliphatic heterocycles. The fourth-order valence-corrected chi connectivity index (χ4v) is 2.38. The first-order chi connectivity index (χ1) is 10.4. The largest absolute Gasteiger partial charge is 0.496 e. The Bertz CT molecular complexity index is 518. The number of benzene rings is 1. The molecule has 0 atom stereocenters. The summed E-state index contributed by atoms with van der Waals surface area (Å²) in [5.41, 5.74) is 3.72. The molecule has 0 aliphatic rings. The zero-order valence-corrected chi connectivity index (χ0v) is 14.4. The van der Waals surface area contributed by atoms with E-state index in [0.717, 1.165) is 22.3 Å². The first-order valence-electron chi connectivity index (χ1n) is 6.75. The second-order valence-corrected chi connectivity index (χ2v) is 5.36. The standard InChI is InChI=1S/C15H20Cl2N2O3/c1-9-4-10(2)12(8-19-14(21)6-17)15(22-3)11(9)7-18-13(20)5-16/h4H,5-8H2,1-3H3,(H,18,20)(H,19,21). The number of ether oxygens (including phenoxy) is 1. The Morgan fingerprint density at radius 3 is 1.73 bits per heavy atom. The maximum absolute atomic E-state index is 11.3. The van der Waals surface area contributed by atoms with Gasteiger partial charge in [0.05, 0.1) is 7.11 Å². The minimum absolute atomic E-state index is 0.0914. The summed E-state index contributed by atoms with van der Waals surface area (Å²) < 4.78 is 5.50. The topological polar surface area (TPSA) is 67.4 Å². The van der Waals surface area contributed by atoms with E-state index in [1.165, 1.54) is 0 Å². The van der Waals surface area contributed by atoms with Crippen molar-refractivity contribution in [2.75, 3.05) is 18.9 Å². The lowest BCUT2D eigenvalue weighted by Gasteiger charge is -2.19. The van der Waals surface area contributed by atoms with Gasteiger partial charge in [-0.05, 0) is 25.0 Å². The number of carbonyl (C=O) groups excluding carboxylic acids is 2. The fourth-order valence-electron chi connectivity index (χ4n) is 2.19. The third kappa shape index (κ3) is 4.78. The number of nitrogens with one attached hydrogen (secondary N) is 2. The predicted octanol–water partition coefficient (Wildman–Crippen LogP) is 2.02. The van der Waals surface area contributed by atoms with Crippen molar-refractivity contribution in [1.82, 2.24) is 10.6 Å². The molecule has 0 saturated carbocycles. The van der Waals surface area contributed by atoms with E-state index in [1.54, 1.807) is 7.11 Å². The van der Waals surface area contributed by atoms with E-state index in [4.69, 9.17) is 27.9 Å². The Kier molecular flexibility index (Phi) is 7.48. The highest BCUT2D eigenvalue weighted by Gasteiger charge is 2.16. The molecule has 1 rings (SSSR count). The number of rotatable bonds is 7. The van der Waals surface area contributed by atoms with Crippen molar-refractivity contribution in [2.45, 2.75) is 26.9 Å². The average molecular weight is 347 g/mol. The molecule has 0 aliphatic carbocycles. The Balaban J connectivity index is 3.10. The summed E-state index contributed by atoms with van der Waals surface area (Å²) in [6.07, 6.45) is 0. The Morgan fingerprint density at radius 1 is 1.00 bits per heavy atom. The van der Waals surface area contributed by atoms with Crippen LogP contribution in [-0.2, 0) is 22.7 Å². The van der Waals surface area contributed by atoms with Crippen molar-refractivity contribution in [2.24, 2.45) is 0 Å². The molecule has 2 amide bonds. The zero-order valence-electron chi connectivity index (χ0n) is 12.9. The van der Waals surface area contributed by atoms with E-state index in [2.05, 4.69) is 10.6 Å². The summed E-state index contributed by atoms with van der Waals surface area (Å²) in [6.45, 7) is 4.52. The van der Waals surface area contributed by atoms with Gasteiger partial charge in [-0.1, -0.05) is 6.07 Å². The number of methoxy groups -OCH3 is 1. The lowest BCUT2D eigenvalue weighted by atomic mass is 9.97. The number of carbonyl (C=O) groups is 2. The highest BCUT2D eigenvalue weighted by Crippen LogP contribution is 2.30. The van der Waals surface area contributed by atoms with Crippen LogP contribution < -0.4 is 15.4 Å². The van der Waals surface area contributed by atoms with Crippen LogP contribution in [0, 0.1) is 13.8 Å². The first kappa shape index (κ1) is 18.6. The lowest BCUT2D eigenvalue weighted by molar-refractivity contribution is -0.119. The first-order valence-corrected chi connectivity index (χ1v) is 7.82. The van der Waals surface area contributed by atoms with Crippen LogP contribution >= 0.6 is 23.2 Å². The number of amides is 2. The van der Waals surface area contributed by atoms with Crippen molar-refractivity contribution in [3.63, 3.8) is 0 Å². The van der Waals surface area contributed by atoms with Gasteiger partial charge in [0.2, 0.25) is 11.8 Å². The molecule has 122 valence electrons. The summed E-state index contributed by atoms with van der Waals surface area (Å²) in [5, 5.41) is 5.46. The van der Waals surface area contributed by atoms with Crippen molar-refractivity contribution < 1.29 is 14.3 Å². The van der Waals surface area contributed by atoms with Crippen LogP contribution in [0.25, 0.3) is 0 Å². The molecule has 0 spiro atoms. The molecule has 1 aromatic carbocycles. The van der Waals surface area contributed by atoms with Gasteiger partial charge in [-0.3, -0.25) is 9.59 Å². The van der Waals surface area contributed by atoms with Gasteiger partial charge in [0, 0.05) is 24.2 Å². The Hall–Kier alpha value is -1.46. The van der Waals surface area contributed by atoms with Crippen molar-refractivity contribution in [3.05, 3.63) is 28.3 Å². The normalized spacial score (nSPS) is 10.2. The van der Waals surface area contributed by atoms with Gasteiger partial charge < -0.3 is 15.4 Å². The third-order valence-corrected chi connectivity index (χ3v) is 3.79. The molecule has 0 fully saturated rings. The molecule has 2 N–H and O–H groups in total. The summed E-state index contributed by atoms with van der Waals surface area (Å²) in [4.78, 5) is 22.7. The van der Waals surface area contributed by atoms with Gasteiger partial charge in [0.25, 0.3) is 0 Å². The van der Waals surface area contributed by atoms with E-state index in [0.29, 0.717) is 18.8 Å². The lowest BCUT2D eigenvalue weighted by Crippen LogP contribution is -2.26. The molecule has 0 heterocycles. The molecule has 1 aromatic rings. The zero-order chi connectivity index (χ0) is 16.7. The molecule has 0 aromatic heterocycles.